The molecule has 0 radical (unpaired) electrons. The van der Waals surface area contributed by atoms with Crippen molar-refractivity contribution in [3.8, 4) is 0 Å². The second kappa shape index (κ2) is 4.35. The number of fused-ring (bicyclic) bond motifs is 2. The van der Waals surface area contributed by atoms with Crippen molar-refractivity contribution in [2.24, 2.45) is 0 Å². The van der Waals surface area contributed by atoms with E-state index in [1.807, 2.05) is 60.7 Å². The lowest BCUT2D eigenvalue weighted by Gasteiger charge is -2.07. The van der Waals surface area contributed by atoms with Gasteiger partial charge in [0.2, 0.25) is 0 Å². The van der Waals surface area contributed by atoms with Crippen LogP contribution >= 0.6 is 0 Å². The number of para-hydroxylation sites is 2. The van der Waals surface area contributed by atoms with Crippen molar-refractivity contribution in [2.45, 2.75) is 0 Å². The highest BCUT2D eigenvalue weighted by atomic mass is 16.3. The van der Waals surface area contributed by atoms with Crippen LogP contribution in [0.25, 0.3) is 22.6 Å². The maximum absolute atomic E-state index is 12.4. The Kier molecular flexibility index (Phi) is 2.48. The Bertz CT molecular complexity index is 856. The molecule has 21 heavy (non-hydrogen) atoms. The van der Waals surface area contributed by atoms with E-state index in [4.69, 9.17) is 4.42 Å². The number of carbonyl (C=O) groups excluding carboxylic acids is 1. The topological polar surface area (TPSA) is 33.5 Å². The average molecular weight is 275 g/mol. The van der Waals surface area contributed by atoms with E-state index in [1.165, 1.54) is 0 Å². The van der Waals surface area contributed by atoms with E-state index in [1.54, 1.807) is 11.9 Å². The first-order valence-electron chi connectivity index (χ1n) is 6.82. The van der Waals surface area contributed by atoms with Crippen LogP contribution in [0, 0.1) is 0 Å². The number of likely N-dealkylation sites (N-methyl/N-ethyl adjacent to an activating group) is 1. The molecular formula is C18H13NO2. The summed E-state index contributed by atoms with van der Waals surface area (Å²) in [6.07, 6.45) is 1.82. The zero-order valence-electron chi connectivity index (χ0n) is 11.5. The van der Waals surface area contributed by atoms with E-state index in [2.05, 4.69) is 0 Å². The van der Waals surface area contributed by atoms with E-state index in [0.29, 0.717) is 11.3 Å². The summed E-state index contributed by atoms with van der Waals surface area (Å²) in [6.45, 7) is 0. The van der Waals surface area contributed by atoms with E-state index >= 15 is 0 Å². The smallest absolute Gasteiger partial charge is 0.258 e. The molecule has 2 aromatic carbocycles. The van der Waals surface area contributed by atoms with E-state index in [9.17, 15) is 4.79 Å². The Morgan fingerprint density at radius 1 is 1.05 bits per heavy atom. The third-order valence-corrected chi connectivity index (χ3v) is 3.82. The summed E-state index contributed by atoms with van der Waals surface area (Å²) in [4.78, 5) is 14.1. The molecule has 0 aliphatic carbocycles. The minimum atomic E-state index is -0.00310. The normalized spacial score (nSPS) is 16.0. The highest BCUT2D eigenvalue weighted by Crippen LogP contribution is 2.36. The molecule has 0 N–H and O–H groups in total. The molecule has 1 aromatic heterocycles. The van der Waals surface area contributed by atoms with Crippen molar-refractivity contribution in [1.29, 1.82) is 0 Å². The number of anilines is 1. The van der Waals surface area contributed by atoms with Gasteiger partial charge in [-0.25, -0.2) is 0 Å². The zero-order chi connectivity index (χ0) is 14.4. The fraction of sp³-hybridized carbons (Fsp3) is 0.0556. The molecule has 0 spiro atoms. The Hall–Kier alpha value is -2.81. The number of amides is 1. The van der Waals surface area contributed by atoms with Crippen LogP contribution in [0.15, 0.2) is 59.0 Å². The molecule has 0 atom stereocenters. The van der Waals surface area contributed by atoms with Gasteiger partial charge in [0.25, 0.3) is 5.91 Å². The van der Waals surface area contributed by atoms with Crippen LogP contribution in [-0.2, 0) is 4.79 Å². The van der Waals surface area contributed by atoms with Gasteiger partial charge in [0.15, 0.2) is 0 Å². The molecule has 0 bridgehead atoms. The highest BCUT2D eigenvalue weighted by Gasteiger charge is 2.29. The van der Waals surface area contributed by atoms with Crippen molar-refractivity contribution >= 4 is 34.2 Å². The van der Waals surface area contributed by atoms with Crippen LogP contribution in [0.4, 0.5) is 5.69 Å². The fourth-order valence-electron chi connectivity index (χ4n) is 2.75. The summed E-state index contributed by atoms with van der Waals surface area (Å²) in [5.41, 5.74) is 3.39. The number of furan rings is 1. The quantitative estimate of drug-likeness (QED) is 0.630. The van der Waals surface area contributed by atoms with Crippen LogP contribution in [0.5, 0.6) is 0 Å². The average Bonchev–Trinajstić information content (AvgIpc) is 3.02. The first-order chi connectivity index (χ1) is 10.2. The van der Waals surface area contributed by atoms with Crippen molar-refractivity contribution in [2.75, 3.05) is 11.9 Å². The predicted octanol–water partition coefficient (Wildman–Crippen LogP) is 3.95. The number of carbonyl (C=O) groups is 1. The van der Waals surface area contributed by atoms with Crippen molar-refractivity contribution in [3.63, 3.8) is 0 Å². The molecule has 3 heteroatoms. The molecule has 0 saturated carbocycles. The molecule has 1 aliphatic heterocycles. The summed E-state index contributed by atoms with van der Waals surface area (Å²) >= 11 is 0. The first kappa shape index (κ1) is 12.0. The minimum Gasteiger partial charge on any atom is -0.457 e. The predicted molar refractivity (Wildman–Crippen MR) is 83.9 cm³/mol. The molecule has 0 saturated heterocycles. The van der Waals surface area contributed by atoms with Gasteiger partial charge in [-0.15, -0.1) is 0 Å². The van der Waals surface area contributed by atoms with Crippen LogP contribution in [-0.4, -0.2) is 13.0 Å². The zero-order valence-corrected chi connectivity index (χ0v) is 11.5. The molecule has 4 rings (SSSR count). The van der Waals surface area contributed by atoms with Crippen LogP contribution < -0.4 is 4.90 Å². The Balaban J connectivity index is 1.87. The highest BCUT2D eigenvalue weighted by molar-refractivity contribution is 6.35. The van der Waals surface area contributed by atoms with Gasteiger partial charge in [0.1, 0.15) is 11.3 Å². The van der Waals surface area contributed by atoms with Crippen molar-refractivity contribution < 1.29 is 9.21 Å². The molecule has 0 unspecified atom stereocenters. The molecule has 102 valence electrons. The molecular weight excluding hydrogens is 262 g/mol. The van der Waals surface area contributed by atoms with Gasteiger partial charge < -0.3 is 9.32 Å². The van der Waals surface area contributed by atoms with E-state index in [-0.39, 0.29) is 5.91 Å². The number of nitrogens with zero attached hydrogens (tertiary/aromatic N) is 1. The van der Waals surface area contributed by atoms with Crippen LogP contribution in [0.3, 0.4) is 0 Å². The second-order valence-corrected chi connectivity index (χ2v) is 5.13. The molecule has 3 aromatic rings. The van der Waals surface area contributed by atoms with Gasteiger partial charge in [-0.3, -0.25) is 4.79 Å². The molecule has 3 nitrogen and oxygen atoms in total. The Labute approximate surface area is 122 Å². The maximum atomic E-state index is 12.4. The van der Waals surface area contributed by atoms with Gasteiger partial charge in [-0.2, -0.15) is 0 Å². The van der Waals surface area contributed by atoms with Gasteiger partial charge in [0.05, 0.1) is 11.3 Å². The van der Waals surface area contributed by atoms with E-state index < -0.39 is 0 Å². The lowest BCUT2D eigenvalue weighted by molar-refractivity contribution is -0.112. The lowest BCUT2D eigenvalue weighted by atomic mass is 10.1. The monoisotopic (exact) mass is 275 g/mol. The summed E-state index contributed by atoms with van der Waals surface area (Å²) < 4.78 is 5.78. The second-order valence-electron chi connectivity index (χ2n) is 5.13. The first-order valence-corrected chi connectivity index (χ1v) is 6.82. The number of hydrogen-bond donors (Lipinski definition) is 0. The van der Waals surface area contributed by atoms with Gasteiger partial charge >= 0.3 is 0 Å². The van der Waals surface area contributed by atoms with Crippen LogP contribution in [0.2, 0.25) is 0 Å². The van der Waals surface area contributed by atoms with Gasteiger partial charge in [0, 0.05) is 18.0 Å². The standard InChI is InChI=1S/C18H13NO2/c1-19-16-8-4-3-7-14(16)15(18(19)20)11-13-10-12-6-2-5-9-17(12)21-13/h2-11H,1H3/b15-11-. The summed E-state index contributed by atoms with van der Waals surface area (Å²) in [5.74, 6) is 0.696. The molecule has 1 amide bonds. The summed E-state index contributed by atoms with van der Waals surface area (Å²) in [5, 5.41) is 1.04. The Morgan fingerprint density at radius 2 is 1.81 bits per heavy atom. The largest absolute Gasteiger partial charge is 0.457 e. The third-order valence-electron chi connectivity index (χ3n) is 3.82. The van der Waals surface area contributed by atoms with E-state index in [0.717, 1.165) is 22.2 Å². The SMILES string of the molecule is CN1C(=O)/C(=C\c2cc3ccccc3o2)c2ccccc21. The van der Waals surface area contributed by atoms with Crippen molar-refractivity contribution in [3.05, 3.63) is 65.9 Å². The number of benzene rings is 2. The fourth-order valence-corrected chi connectivity index (χ4v) is 2.75. The molecule has 2 heterocycles. The summed E-state index contributed by atoms with van der Waals surface area (Å²) in [6, 6.07) is 17.6. The number of rotatable bonds is 1. The molecule has 1 aliphatic rings. The minimum absolute atomic E-state index is 0.00310. The Morgan fingerprint density at radius 3 is 2.67 bits per heavy atom. The maximum Gasteiger partial charge on any atom is 0.258 e. The number of hydrogen-bond acceptors (Lipinski definition) is 2. The lowest BCUT2D eigenvalue weighted by Crippen LogP contribution is -2.20. The van der Waals surface area contributed by atoms with Gasteiger partial charge in [-0.1, -0.05) is 36.4 Å². The summed E-state index contributed by atoms with van der Waals surface area (Å²) in [7, 11) is 1.79. The van der Waals surface area contributed by atoms with Gasteiger partial charge in [-0.05, 0) is 24.3 Å². The van der Waals surface area contributed by atoms with Crippen molar-refractivity contribution in [1.82, 2.24) is 0 Å². The van der Waals surface area contributed by atoms with Crippen LogP contribution in [0.1, 0.15) is 11.3 Å². The molecule has 0 fully saturated rings. The third kappa shape index (κ3) is 1.78.